The van der Waals surface area contributed by atoms with Gasteiger partial charge in [-0.1, -0.05) is 42.5 Å². The number of aliphatic hydroxyl groups excluding tert-OH is 1. The van der Waals surface area contributed by atoms with Crippen LogP contribution >= 0.6 is 0 Å². The summed E-state index contributed by atoms with van der Waals surface area (Å²) < 4.78 is 16.7. The van der Waals surface area contributed by atoms with Gasteiger partial charge in [-0.2, -0.15) is 0 Å². The van der Waals surface area contributed by atoms with Crippen molar-refractivity contribution in [2.24, 2.45) is 0 Å². The number of fused-ring (bicyclic) bond motifs is 2. The second-order valence-corrected chi connectivity index (χ2v) is 8.43. The number of carbonyl (C=O) groups is 2. The lowest BCUT2D eigenvalue weighted by Gasteiger charge is -2.26. The van der Waals surface area contributed by atoms with Crippen molar-refractivity contribution in [3.05, 3.63) is 102 Å². The molecular formula is C28H21NO6. The molecule has 2 aliphatic rings. The Hall–Kier alpha value is -4.52. The topological polar surface area (TPSA) is 89.2 Å². The summed E-state index contributed by atoms with van der Waals surface area (Å²) in [5.41, 5.74) is 1.14. The zero-order valence-electron chi connectivity index (χ0n) is 18.6. The van der Waals surface area contributed by atoms with Gasteiger partial charge in [-0.25, -0.2) is 0 Å². The summed E-state index contributed by atoms with van der Waals surface area (Å²) in [6, 6.07) is 21.1. The molecule has 174 valence electrons. The molecule has 0 aliphatic carbocycles. The first-order chi connectivity index (χ1) is 17.1. The van der Waals surface area contributed by atoms with Crippen LogP contribution in [-0.4, -0.2) is 34.9 Å². The van der Waals surface area contributed by atoms with E-state index in [2.05, 4.69) is 0 Å². The van der Waals surface area contributed by atoms with Gasteiger partial charge in [0.25, 0.3) is 11.7 Å². The van der Waals surface area contributed by atoms with E-state index in [1.54, 1.807) is 30.3 Å². The van der Waals surface area contributed by atoms with E-state index in [1.807, 2.05) is 42.5 Å². The number of benzene rings is 3. The third kappa shape index (κ3) is 3.52. The van der Waals surface area contributed by atoms with Crippen molar-refractivity contribution in [1.82, 2.24) is 4.90 Å². The maximum absolute atomic E-state index is 13.4. The molecule has 6 rings (SSSR count). The van der Waals surface area contributed by atoms with E-state index in [9.17, 15) is 14.7 Å². The van der Waals surface area contributed by atoms with Gasteiger partial charge in [0.15, 0.2) is 11.5 Å². The summed E-state index contributed by atoms with van der Waals surface area (Å²) in [5, 5.41) is 13.3. The number of nitrogens with zero attached hydrogens (tertiary/aromatic N) is 1. The predicted octanol–water partition coefficient (Wildman–Crippen LogP) is 4.83. The van der Waals surface area contributed by atoms with Crippen LogP contribution in [0.15, 0.2) is 89.0 Å². The standard InChI is InChI=1S/C28H21NO6/c30-26(18-10-11-22-23(15-18)35-14-13-34-22)24-25(21-9-3-6-17-5-1-2-8-20(17)21)29(28(32)27(24)31)16-19-7-4-12-33-19/h1-12,15,25,30H,13-14,16H2/b26-24-. The number of rotatable bonds is 4. The lowest BCUT2D eigenvalue weighted by molar-refractivity contribution is -0.140. The lowest BCUT2D eigenvalue weighted by Crippen LogP contribution is -2.29. The fourth-order valence-corrected chi connectivity index (χ4v) is 4.77. The van der Waals surface area contributed by atoms with Crippen molar-refractivity contribution in [1.29, 1.82) is 0 Å². The minimum Gasteiger partial charge on any atom is -0.507 e. The smallest absolute Gasteiger partial charge is 0.296 e. The molecule has 1 N–H and O–H groups in total. The van der Waals surface area contributed by atoms with Gasteiger partial charge in [-0.05, 0) is 46.7 Å². The second kappa shape index (κ2) is 8.36. The normalized spacial score (nSPS) is 18.9. The Bertz CT molecular complexity index is 1480. The molecule has 1 saturated heterocycles. The third-order valence-electron chi connectivity index (χ3n) is 6.38. The number of ether oxygens (including phenoxy) is 2. The van der Waals surface area contributed by atoms with Gasteiger partial charge in [0.2, 0.25) is 0 Å². The van der Waals surface area contributed by atoms with Crippen LogP contribution in [0.3, 0.4) is 0 Å². The molecule has 35 heavy (non-hydrogen) atoms. The number of hydrogen-bond acceptors (Lipinski definition) is 6. The molecular weight excluding hydrogens is 446 g/mol. The maximum atomic E-state index is 13.4. The molecule has 1 unspecified atom stereocenters. The number of amides is 1. The molecule has 3 heterocycles. The molecule has 7 nitrogen and oxygen atoms in total. The molecule has 1 atom stereocenters. The summed E-state index contributed by atoms with van der Waals surface area (Å²) >= 11 is 0. The monoisotopic (exact) mass is 467 g/mol. The Morgan fingerprint density at radius 1 is 0.914 bits per heavy atom. The highest BCUT2D eigenvalue weighted by Crippen LogP contribution is 2.43. The summed E-state index contributed by atoms with van der Waals surface area (Å²) in [5.74, 6) is -0.125. The van der Waals surface area contributed by atoms with Crippen molar-refractivity contribution < 1.29 is 28.6 Å². The van der Waals surface area contributed by atoms with E-state index in [4.69, 9.17) is 13.9 Å². The molecule has 1 amide bonds. The number of ketones is 1. The van der Waals surface area contributed by atoms with Gasteiger partial charge >= 0.3 is 0 Å². The number of furan rings is 1. The van der Waals surface area contributed by atoms with Crippen LogP contribution in [-0.2, 0) is 16.1 Å². The fraction of sp³-hybridized carbons (Fsp3) is 0.143. The number of Topliss-reactive ketones (excluding diaryl/α,β-unsaturated/α-hetero) is 1. The van der Waals surface area contributed by atoms with Gasteiger partial charge < -0.3 is 23.9 Å². The third-order valence-corrected chi connectivity index (χ3v) is 6.38. The van der Waals surface area contributed by atoms with Crippen LogP contribution < -0.4 is 9.47 Å². The van der Waals surface area contributed by atoms with E-state index in [-0.39, 0.29) is 17.9 Å². The van der Waals surface area contributed by atoms with Crippen molar-refractivity contribution in [3.63, 3.8) is 0 Å². The van der Waals surface area contributed by atoms with Gasteiger partial charge in [0, 0.05) is 5.56 Å². The Labute approximate surface area is 200 Å². The maximum Gasteiger partial charge on any atom is 0.296 e. The molecule has 1 aromatic heterocycles. The molecule has 3 aromatic carbocycles. The molecule has 0 saturated carbocycles. The molecule has 4 aromatic rings. The van der Waals surface area contributed by atoms with Crippen molar-refractivity contribution in [2.75, 3.05) is 13.2 Å². The van der Waals surface area contributed by atoms with Gasteiger partial charge in [-0.15, -0.1) is 0 Å². The van der Waals surface area contributed by atoms with Crippen LogP contribution in [0.5, 0.6) is 11.5 Å². The first-order valence-electron chi connectivity index (χ1n) is 11.3. The van der Waals surface area contributed by atoms with Gasteiger partial charge in [-0.3, -0.25) is 9.59 Å². The van der Waals surface area contributed by atoms with Crippen LogP contribution in [0.2, 0.25) is 0 Å². The molecule has 0 bridgehead atoms. The Kier molecular flexibility index (Phi) is 5.03. The summed E-state index contributed by atoms with van der Waals surface area (Å²) in [4.78, 5) is 28.1. The zero-order chi connectivity index (χ0) is 23.9. The number of likely N-dealkylation sites (tertiary alicyclic amines) is 1. The molecule has 0 spiro atoms. The Balaban J connectivity index is 1.55. The SMILES string of the molecule is O=C1C(=O)N(Cc2ccco2)C(c2cccc3ccccc23)/C1=C(/O)c1ccc2c(c1)OCCO2. The van der Waals surface area contributed by atoms with E-state index >= 15 is 0 Å². The summed E-state index contributed by atoms with van der Waals surface area (Å²) in [6.45, 7) is 0.918. The van der Waals surface area contributed by atoms with Gasteiger partial charge in [0.1, 0.15) is 24.7 Å². The highest BCUT2D eigenvalue weighted by Gasteiger charge is 2.47. The number of hydrogen-bond donors (Lipinski definition) is 1. The van der Waals surface area contributed by atoms with Crippen molar-refractivity contribution in [2.45, 2.75) is 12.6 Å². The minimum atomic E-state index is -0.806. The van der Waals surface area contributed by atoms with Crippen LogP contribution in [0.25, 0.3) is 16.5 Å². The second-order valence-electron chi connectivity index (χ2n) is 8.43. The lowest BCUT2D eigenvalue weighted by atomic mass is 9.91. The first-order valence-corrected chi connectivity index (χ1v) is 11.3. The molecule has 2 aliphatic heterocycles. The minimum absolute atomic E-state index is 0.0228. The average Bonchev–Trinajstić information content (AvgIpc) is 3.50. The van der Waals surface area contributed by atoms with Crippen LogP contribution in [0.4, 0.5) is 0 Å². The van der Waals surface area contributed by atoms with Crippen molar-refractivity contribution in [3.8, 4) is 11.5 Å². The molecule has 7 heteroatoms. The van der Waals surface area contributed by atoms with E-state index in [0.29, 0.717) is 36.0 Å². The highest BCUT2D eigenvalue weighted by molar-refractivity contribution is 6.46. The van der Waals surface area contributed by atoms with E-state index in [1.165, 1.54) is 11.2 Å². The number of carbonyl (C=O) groups excluding carboxylic acids is 2. The Morgan fingerprint density at radius 2 is 1.71 bits per heavy atom. The summed E-state index contributed by atoms with van der Waals surface area (Å²) in [7, 11) is 0. The van der Waals surface area contributed by atoms with Crippen LogP contribution in [0.1, 0.15) is 22.9 Å². The zero-order valence-corrected chi connectivity index (χ0v) is 18.6. The first kappa shape index (κ1) is 21.0. The fourth-order valence-electron chi connectivity index (χ4n) is 4.77. The van der Waals surface area contributed by atoms with E-state index < -0.39 is 17.7 Å². The Morgan fingerprint density at radius 3 is 2.54 bits per heavy atom. The predicted molar refractivity (Wildman–Crippen MR) is 128 cm³/mol. The molecule has 1 fully saturated rings. The average molecular weight is 467 g/mol. The number of aliphatic hydroxyl groups is 1. The largest absolute Gasteiger partial charge is 0.507 e. The van der Waals surface area contributed by atoms with Crippen LogP contribution in [0, 0.1) is 0 Å². The quantitative estimate of drug-likeness (QED) is 0.263. The van der Waals surface area contributed by atoms with E-state index in [0.717, 1.165) is 16.3 Å². The summed E-state index contributed by atoms with van der Waals surface area (Å²) in [6.07, 6.45) is 1.52. The van der Waals surface area contributed by atoms with Crippen molar-refractivity contribution >= 4 is 28.2 Å². The van der Waals surface area contributed by atoms with Gasteiger partial charge in [0.05, 0.1) is 24.4 Å². The highest BCUT2D eigenvalue weighted by atomic mass is 16.6. The molecule has 0 radical (unpaired) electrons.